The number of hydrogen-bond donors (Lipinski definition) is 2. The number of carbonyl (C=O) groups is 2. The second kappa shape index (κ2) is 10.5. The number of benzene rings is 1. The summed E-state index contributed by atoms with van der Waals surface area (Å²) in [7, 11) is 3.27. The van der Waals surface area contributed by atoms with Crippen LogP contribution in [0.25, 0.3) is 16.9 Å². The van der Waals surface area contributed by atoms with Crippen LogP contribution in [0, 0.1) is 0 Å². The number of fused-ring (bicyclic) bond motifs is 1. The second-order valence-corrected chi connectivity index (χ2v) is 9.79. The van der Waals surface area contributed by atoms with Gasteiger partial charge in [-0.3, -0.25) is 19.0 Å². The number of anilines is 1. The van der Waals surface area contributed by atoms with Gasteiger partial charge in [0.1, 0.15) is 5.69 Å². The molecule has 0 unspecified atom stereocenters. The summed E-state index contributed by atoms with van der Waals surface area (Å²) in [6.45, 7) is 4.22. The number of aromatic nitrogens is 7. The highest BCUT2D eigenvalue weighted by atomic mass is 19.4. The molecule has 4 aromatic heterocycles. The first-order valence-electron chi connectivity index (χ1n) is 12.6. The molecule has 5 rings (SSSR count). The molecule has 4 heterocycles. The van der Waals surface area contributed by atoms with Gasteiger partial charge in [0.2, 0.25) is 0 Å². The number of nitrogens with zero attached hydrogens (tertiary/aromatic N) is 7. The van der Waals surface area contributed by atoms with Gasteiger partial charge in [-0.25, -0.2) is 9.50 Å². The third-order valence-corrected chi connectivity index (χ3v) is 6.44. The van der Waals surface area contributed by atoms with E-state index in [2.05, 4.69) is 30.9 Å². The van der Waals surface area contributed by atoms with Crippen molar-refractivity contribution in [2.24, 2.45) is 14.1 Å². The van der Waals surface area contributed by atoms with Crippen LogP contribution in [0.5, 0.6) is 0 Å². The van der Waals surface area contributed by atoms with Crippen LogP contribution < -0.4 is 10.6 Å². The van der Waals surface area contributed by atoms with Crippen molar-refractivity contribution in [2.45, 2.75) is 32.5 Å². The third-order valence-electron chi connectivity index (χ3n) is 6.44. The smallest absolute Gasteiger partial charge is 0.346 e. The Morgan fingerprint density at radius 2 is 1.73 bits per heavy atom. The van der Waals surface area contributed by atoms with E-state index in [-0.39, 0.29) is 40.9 Å². The van der Waals surface area contributed by atoms with Gasteiger partial charge in [0.05, 0.1) is 23.8 Å². The topological polar surface area (TPSA) is 124 Å². The fourth-order valence-electron chi connectivity index (χ4n) is 4.29. The lowest BCUT2D eigenvalue weighted by Gasteiger charge is -2.12. The fourth-order valence-corrected chi connectivity index (χ4v) is 4.29. The van der Waals surface area contributed by atoms with Crippen molar-refractivity contribution in [1.82, 2.24) is 39.5 Å². The predicted molar refractivity (Wildman–Crippen MR) is 143 cm³/mol. The maximum atomic E-state index is 14.0. The quantitative estimate of drug-likeness (QED) is 0.305. The zero-order valence-corrected chi connectivity index (χ0v) is 22.6. The van der Waals surface area contributed by atoms with Crippen molar-refractivity contribution in [3.05, 3.63) is 83.2 Å². The van der Waals surface area contributed by atoms with Crippen molar-refractivity contribution in [3.8, 4) is 11.3 Å². The molecule has 0 bridgehead atoms. The molecule has 2 N–H and O–H groups in total. The number of amides is 2. The molecule has 0 aliphatic rings. The predicted octanol–water partition coefficient (Wildman–Crippen LogP) is 4.19. The molecule has 41 heavy (non-hydrogen) atoms. The molecular weight excluding hydrogens is 539 g/mol. The zero-order valence-electron chi connectivity index (χ0n) is 22.6. The molecule has 0 aliphatic heterocycles. The molecule has 5 aromatic rings. The number of halogens is 3. The summed E-state index contributed by atoms with van der Waals surface area (Å²) in [5.74, 6) is -1.09. The third kappa shape index (κ3) is 5.66. The molecule has 0 saturated heterocycles. The molecule has 14 heteroatoms. The van der Waals surface area contributed by atoms with E-state index >= 15 is 0 Å². The summed E-state index contributed by atoms with van der Waals surface area (Å²) in [6.07, 6.45) is -0.155. The van der Waals surface area contributed by atoms with Crippen molar-refractivity contribution < 1.29 is 22.8 Å². The molecule has 0 fully saturated rings. The maximum absolute atomic E-state index is 14.0. The molecule has 0 radical (unpaired) electrons. The second-order valence-electron chi connectivity index (χ2n) is 9.79. The molecular formula is C27H26F3N9O2. The van der Waals surface area contributed by atoms with Gasteiger partial charge in [0, 0.05) is 44.0 Å². The molecule has 212 valence electrons. The lowest BCUT2D eigenvalue weighted by Crippen LogP contribution is -2.26. The molecule has 0 spiro atoms. The summed E-state index contributed by atoms with van der Waals surface area (Å²) in [4.78, 5) is 30.3. The summed E-state index contributed by atoms with van der Waals surface area (Å²) in [5.41, 5.74) is 0.936. The normalized spacial score (nSPS) is 11.8. The van der Waals surface area contributed by atoms with Gasteiger partial charge in [0.15, 0.2) is 17.0 Å². The van der Waals surface area contributed by atoms with Gasteiger partial charge >= 0.3 is 6.18 Å². The summed E-state index contributed by atoms with van der Waals surface area (Å²) in [6, 6.07) is 9.16. The van der Waals surface area contributed by atoms with E-state index in [0.29, 0.717) is 10.1 Å². The number of alkyl halides is 3. The lowest BCUT2D eigenvalue weighted by molar-refractivity contribution is -0.142. The Kier molecular flexibility index (Phi) is 7.07. The van der Waals surface area contributed by atoms with Gasteiger partial charge < -0.3 is 10.6 Å². The average molecular weight is 566 g/mol. The van der Waals surface area contributed by atoms with Gasteiger partial charge in [-0.1, -0.05) is 38.1 Å². The Hall–Kier alpha value is -5.01. The Balaban J connectivity index is 1.43. The Labute approximate surface area is 232 Å². The zero-order chi connectivity index (χ0) is 29.5. The van der Waals surface area contributed by atoms with E-state index in [1.54, 1.807) is 36.3 Å². The van der Waals surface area contributed by atoms with Crippen molar-refractivity contribution >= 4 is 23.1 Å². The van der Waals surface area contributed by atoms with E-state index in [9.17, 15) is 22.8 Å². The molecule has 11 nitrogen and oxygen atoms in total. The summed E-state index contributed by atoms with van der Waals surface area (Å²) < 4.78 is 45.6. The first kappa shape index (κ1) is 27.6. The van der Waals surface area contributed by atoms with Crippen LogP contribution in [0.1, 0.15) is 57.6 Å². The van der Waals surface area contributed by atoms with E-state index < -0.39 is 23.7 Å². The number of aryl methyl sites for hydroxylation is 2. The number of rotatable bonds is 7. The van der Waals surface area contributed by atoms with E-state index in [1.807, 2.05) is 26.0 Å². The minimum absolute atomic E-state index is 0.0484. The largest absolute Gasteiger partial charge is 0.433 e. The molecule has 0 saturated carbocycles. The highest BCUT2D eigenvalue weighted by molar-refractivity contribution is 6.07. The van der Waals surface area contributed by atoms with Crippen LogP contribution in [0.3, 0.4) is 0 Å². The molecule has 1 aromatic carbocycles. The SMILES string of the molecule is CC(C)c1ccc(-c2cc(C(F)(F)F)n3nc(C(=O)Nc4cnn(C)c4C(=O)NCc4cnn(C)c4)cc3n2)cc1. The van der Waals surface area contributed by atoms with Crippen LogP contribution in [0.2, 0.25) is 0 Å². The standard InChI is InChI=1S/C27H26F3N9O2/c1-15(2)17-5-7-18(8-6-17)19-9-22(27(28,29)30)39-23(34-19)10-20(36-39)25(40)35-21-13-33-38(4)24(21)26(41)31-11-16-12-32-37(3)14-16/h5-10,12-15H,11H2,1-4H3,(H,31,41)(H,35,40). The molecule has 0 atom stereocenters. The first-order chi connectivity index (χ1) is 19.4. The summed E-state index contributed by atoms with van der Waals surface area (Å²) >= 11 is 0. The minimum Gasteiger partial charge on any atom is -0.346 e. The maximum Gasteiger partial charge on any atom is 0.433 e. The van der Waals surface area contributed by atoms with Crippen LogP contribution in [-0.2, 0) is 26.8 Å². The Morgan fingerprint density at radius 1 is 1.00 bits per heavy atom. The van der Waals surface area contributed by atoms with Gasteiger partial charge in [0.25, 0.3) is 11.8 Å². The number of hydrogen-bond acceptors (Lipinski definition) is 6. The number of carbonyl (C=O) groups excluding carboxylic acids is 2. The van der Waals surface area contributed by atoms with E-state index in [4.69, 9.17) is 0 Å². The van der Waals surface area contributed by atoms with Crippen LogP contribution in [0.15, 0.2) is 55.0 Å². The lowest BCUT2D eigenvalue weighted by atomic mass is 10.0. The van der Waals surface area contributed by atoms with E-state index in [0.717, 1.165) is 23.3 Å². The Bertz CT molecular complexity index is 1750. The monoisotopic (exact) mass is 565 g/mol. The van der Waals surface area contributed by atoms with Gasteiger partial charge in [-0.2, -0.15) is 28.5 Å². The van der Waals surface area contributed by atoms with E-state index in [1.165, 1.54) is 17.9 Å². The van der Waals surface area contributed by atoms with Crippen molar-refractivity contribution in [3.63, 3.8) is 0 Å². The number of nitrogens with one attached hydrogen (secondary N) is 2. The molecule has 2 amide bonds. The van der Waals surface area contributed by atoms with Crippen LogP contribution in [-0.4, -0.2) is 46.0 Å². The highest BCUT2D eigenvalue weighted by Crippen LogP contribution is 2.33. The van der Waals surface area contributed by atoms with Crippen LogP contribution >= 0.6 is 0 Å². The first-order valence-corrected chi connectivity index (χ1v) is 12.6. The van der Waals surface area contributed by atoms with Gasteiger partial charge in [-0.05, 0) is 17.5 Å². The van der Waals surface area contributed by atoms with Crippen LogP contribution in [0.4, 0.5) is 18.9 Å². The summed E-state index contributed by atoms with van der Waals surface area (Å²) in [5, 5.41) is 17.2. The fraction of sp³-hybridized carbons (Fsp3) is 0.259. The molecule has 0 aliphatic carbocycles. The Morgan fingerprint density at radius 3 is 2.37 bits per heavy atom. The average Bonchev–Trinajstić information content (AvgIpc) is 3.64. The van der Waals surface area contributed by atoms with Crippen molar-refractivity contribution in [1.29, 1.82) is 0 Å². The van der Waals surface area contributed by atoms with Gasteiger partial charge in [-0.15, -0.1) is 0 Å². The van der Waals surface area contributed by atoms with Crippen molar-refractivity contribution in [2.75, 3.05) is 5.32 Å². The minimum atomic E-state index is -4.77. The highest BCUT2D eigenvalue weighted by Gasteiger charge is 2.36.